The van der Waals surface area contributed by atoms with Crippen LogP contribution in [0.3, 0.4) is 0 Å². The van der Waals surface area contributed by atoms with Crippen LogP contribution in [0.2, 0.25) is 0 Å². The number of hydrogen-bond donors (Lipinski definition) is 0. The van der Waals surface area contributed by atoms with Crippen LogP contribution in [0.25, 0.3) is 155 Å². The van der Waals surface area contributed by atoms with E-state index in [1.807, 2.05) is 0 Å². The van der Waals surface area contributed by atoms with Crippen molar-refractivity contribution in [1.82, 2.24) is 9.97 Å². The molecule has 0 unspecified atom stereocenters. The number of benzene rings is 20. The Labute approximate surface area is 744 Å². The molecular formula is C124H80N4. The summed E-state index contributed by atoms with van der Waals surface area (Å²) in [6.45, 7) is 0. The summed E-state index contributed by atoms with van der Waals surface area (Å²) < 4.78 is 0. The van der Waals surface area contributed by atoms with Crippen molar-refractivity contribution >= 4 is 77.2 Å². The normalized spacial score (nSPS) is 13.1. The summed E-state index contributed by atoms with van der Waals surface area (Å²) in [6.07, 6.45) is 4.14. The fraction of sp³-hybridized carbons (Fsp3) is 0.0161. The molecule has 2 aliphatic carbocycles. The van der Waals surface area contributed by atoms with Crippen LogP contribution in [-0.4, -0.2) is 9.97 Å². The van der Waals surface area contributed by atoms with Crippen molar-refractivity contribution in [1.29, 1.82) is 0 Å². The molecule has 20 aromatic carbocycles. The second-order valence-corrected chi connectivity index (χ2v) is 34.0. The molecule has 0 saturated heterocycles. The van der Waals surface area contributed by atoms with E-state index in [4.69, 9.17) is 9.97 Å². The fourth-order valence-electron chi connectivity index (χ4n) is 22.1. The molecule has 0 saturated carbocycles. The van der Waals surface area contributed by atoms with Crippen LogP contribution in [0.1, 0.15) is 44.5 Å². The molecule has 0 radical (unpaired) electrons. The summed E-state index contributed by atoms with van der Waals surface area (Å²) in [5.74, 6) is 0. The van der Waals surface area contributed by atoms with Crippen LogP contribution in [0, 0.1) is 0 Å². The van der Waals surface area contributed by atoms with Crippen LogP contribution in [0.5, 0.6) is 0 Å². The molecule has 0 fully saturated rings. The summed E-state index contributed by atoms with van der Waals surface area (Å²) in [5.41, 5.74) is 40.1. The van der Waals surface area contributed by atoms with Gasteiger partial charge in [-0.3, -0.25) is 9.97 Å². The minimum atomic E-state index is -0.519. The summed E-state index contributed by atoms with van der Waals surface area (Å²) in [4.78, 5) is 15.5. The lowest BCUT2D eigenvalue weighted by atomic mass is 9.64. The van der Waals surface area contributed by atoms with E-state index in [-0.39, 0.29) is 0 Å². The first-order valence-electron chi connectivity index (χ1n) is 44.2. The number of fused-ring (bicyclic) bond motifs is 22. The Kier molecular flexibility index (Phi) is 17.4. The maximum Gasteiger partial charge on any atom is 0.0754 e. The summed E-state index contributed by atoms with van der Waals surface area (Å²) in [6, 6.07) is 173. The first-order chi connectivity index (χ1) is 63.5. The standard InChI is InChI=1S/2C62H40N2/c1-3-17-41(18-4-1)42-31-33-43(34-32-42)60-49-22-7-9-24-51(49)61(52-25-10-8-23-50(52)60)57-38-36-45(40-63-57)44-35-37-48-47-21-11-12-26-53(47)62(56(48)39-44)54-27-13-15-29-58(54)64(46-19-5-2-6-20-46)59-30-16-14-28-55(59)62;1-3-17-41(18-4-1)42-31-33-43(34-32-42)60-48-22-7-9-24-50(48)61(51-25-10-8-23-49(51)60)57-38-36-45(40-63-57)44-35-37-54-52(39-44)47-21-11-12-26-53(47)62(54)55-27-13-15-29-58(55)64(46-19-5-2-6-20-46)59-30-16-14-28-56(59)62/h2*1-40H. The Morgan fingerprint density at radius 1 is 0.156 bits per heavy atom. The maximum atomic E-state index is 5.32. The summed E-state index contributed by atoms with van der Waals surface area (Å²) >= 11 is 0. The van der Waals surface area contributed by atoms with Gasteiger partial charge in [-0.05, 0) is 238 Å². The average Bonchev–Trinajstić information content (AvgIpc) is 1.50. The lowest BCUT2D eigenvalue weighted by Crippen LogP contribution is -2.36. The van der Waals surface area contributed by atoms with E-state index >= 15 is 0 Å². The maximum absolute atomic E-state index is 5.32. The van der Waals surface area contributed by atoms with Gasteiger partial charge in [-0.15, -0.1) is 0 Å². The van der Waals surface area contributed by atoms with Crippen molar-refractivity contribution in [2.45, 2.75) is 10.8 Å². The average molecular weight is 1630 g/mol. The Hall–Kier alpha value is -16.7. The highest BCUT2D eigenvalue weighted by atomic mass is 15.2. The molecule has 4 aliphatic rings. The first-order valence-corrected chi connectivity index (χ1v) is 44.2. The highest BCUT2D eigenvalue weighted by Gasteiger charge is 2.54. The molecule has 2 spiro atoms. The van der Waals surface area contributed by atoms with Crippen LogP contribution in [0.15, 0.2) is 486 Å². The van der Waals surface area contributed by atoms with Gasteiger partial charge in [0, 0.05) is 46.0 Å². The van der Waals surface area contributed by atoms with Crippen molar-refractivity contribution < 1.29 is 0 Å². The van der Waals surface area contributed by atoms with E-state index in [1.165, 1.54) is 177 Å². The number of aromatic nitrogens is 2. The molecule has 4 nitrogen and oxygen atoms in total. The van der Waals surface area contributed by atoms with E-state index in [0.717, 1.165) is 56.1 Å². The van der Waals surface area contributed by atoms with E-state index in [0.29, 0.717) is 0 Å². The van der Waals surface area contributed by atoms with E-state index in [2.05, 4.69) is 495 Å². The topological polar surface area (TPSA) is 32.3 Å². The van der Waals surface area contributed by atoms with Gasteiger partial charge < -0.3 is 9.80 Å². The molecule has 0 amide bonds. The van der Waals surface area contributed by atoms with Crippen LogP contribution in [0.4, 0.5) is 34.1 Å². The first kappa shape index (κ1) is 74.0. The van der Waals surface area contributed by atoms with Crippen LogP contribution >= 0.6 is 0 Å². The molecule has 4 heterocycles. The Morgan fingerprint density at radius 3 is 0.789 bits per heavy atom. The molecule has 596 valence electrons. The van der Waals surface area contributed by atoms with Gasteiger partial charge in [0.05, 0.1) is 45.0 Å². The van der Waals surface area contributed by atoms with Gasteiger partial charge in [0.2, 0.25) is 0 Å². The zero-order valence-electron chi connectivity index (χ0n) is 70.0. The SMILES string of the molecule is c1ccc(-c2ccc(-c3c4ccccc4c(-c4ccc(-c5ccc6c(c5)-c5ccccc5C65c6ccccc6N(c6ccccc6)c6ccccc65)cn4)c4ccccc34)cc2)cc1.c1ccc(-c2ccc(-c3c4ccccc4c(-c4ccc(-c5ccc6c(c5)C5(c7ccccc7-6)c6ccccc6N(c6ccccc6)c6ccccc65)cn4)c4ccccc34)cc2)cc1. The third kappa shape index (κ3) is 11.4. The molecule has 128 heavy (non-hydrogen) atoms. The van der Waals surface area contributed by atoms with Crippen LogP contribution in [-0.2, 0) is 10.8 Å². The molecule has 26 rings (SSSR count). The lowest BCUT2D eigenvalue weighted by molar-refractivity contribution is 0.753. The van der Waals surface area contributed by atoms with Crippen molar-refractivity contribution in [3.05, 3.63) is 530 Å². The van der Waals surface area contributed by atoms with E-state index in [9.17, 15) is 0 Å². The second-order valence-electron chi connectivity index (χ2n) is 34.0. The molecule has 0 N–H and O–H groups in total. The Balaban J connectivity index is 0.000000139. The smallest absolute Gasteiger partial charge is 0.0754 e. The third-order valence-electron chi connectivity index (χ3n) is 27.4. The number of anilines is 6. The van der Waals surface area contributed by atoms with Crippen molar-refractivity contribution in [2.75, 3.05) is 9.80 Å². The number of nitrogens with zero attached hydrogens (tertiary/aromatic N) is 4. The van der Waals surface area contributed by atoms with Gasteiger partial charge in [-0.2, -0.15) is 0 Å². The quantitative estimate of drug-likeness (QED) is 0.128. The molecule has 2 aliphatic heterocycles. The van der Waals surface area contributed by atoms with Gasteiger partial charge in [0.1, 0.15) is 0 Å². The monoisotopic (exact) mass is 1620 g/mol. The second kappa shape index (κ2) is 30.1. The molecule has 22 aromatic rings. The minimum absolute atomic E-state index is 0.483. The Morgan fingerprint density at radius 2 is 0.414 bits per heavy atom. The van der Waals surface area contributed by atoms with Crippen molar-refractivity contribution in [3.63, 3.8) is 0 Å². The third-order valence-corrected chi connectivity index (χ3v) is 27.4. The summed E-state index contributed by atoms with van der Waals surface area (Å²) in [5, 5.41) is 9.66. The molecular weight excluding hydrogens is 1550 g/mol. The predicted octanol–water partition coefficient (Wildman–Crippen LogP) is 32.4. The zero-order valence-corrected chi connectivity index (χ0v) is 70.0. The highest BCUT2D eigenvalue weighted by molar-refractivity contribution is 6.23. The molecule has 4 heteroatoms. The van der Waals surface area contributed by atoms with Crippen LogP contribution < -0.4 is 9.80 Å². The largest absolute Gasteiger partial charge is 0.310 e. The molecule has 0 atom stereocenters. The van der Waals surface area contributed by atoms with E-state index < -0.39 is 10.8 Å². The van der Waals surface area contributed by atoms with Crippen molar-refractivity contribution in [2.24, 2.45) is 0 Å². The zero-order chi connectivity index (χ0) is 84.4. The summed E-state index contributed by atoms with van der Waals surface area (Å²) in [7, 11) is 0. The predicted molar refractivity (Wildman–Crippen MR) is 533 cm³/mol. The number of rotatable bonds is 10. The molecule has 0 bridgehead atoms. The Bertz CT molecular complexity index is 7940. The lowest BCUT2D eigenvalue weighted by Gasteiger charge is -2.45. The van der Waals surface area contributed by atoms with E-state index in [1.54, 1.807) is 0 Å². The van der Waals surface area contributed by atoms with Gasteiger partial charge >= 0.3 is 0 Å². The number of para-hydroxylation sites is 6. The minimum Gasteiger partial charge on any atom is -0.310 e. The number of pyridine rings is 2. The van der Waals surface area contributed by atoms with Crippen molar-refractivity contribution in [3.8, 4) is 112 Å². The number of hydrogen-bond acceptors (Lipinski definition) is 4. The fourth-order valence-corrected chi connectivity index (χ4v) is 22.1. The van der Waals surface area contributed by atoms with Gasteiger partial charge in [0.25, 0.3) is 0 Å². The van der Waals surface area contributed by atoms with Gasteiger partial charge in [-0.25, -0.2) is 0 Å². The van der Waals surface area contributed by atoms with Gasteiger partial charge in [-0.1, -0.05) is 400 Å². The highest BCUT2D eigenvalue weighted by Crippen LogP contribution is 2.66. The molecule has 2 aromatic heterocycles. The van der Waals surface area contributed by atoms with Gasteiger partial charge in [0.15, 0.2) is 0 Å².